The molecular formula is C36H26BrN3O5. The van der Waals surface area contributed by atoms with Crippen LogP contribution in [0.3, 0.4) is 0 Å². The molecule has 0 aliphatic rings. The van der Waals surface area contributed by atoms with Gasteiger partial charge in [0.1, 0.15) is 17.9 Å². The maximum absolute atomic E-state index is 13.9. The largest absolute Gasteiger partial charge is 0.496 e. The van der Waals surface area contributed by atoms with Crippen molar-refractivity contribution in [2.24, 2.45) is 5.10 Å². The Morgan fingerprint density at radius 2 is 1.60 bits per heavy atom. The predicted octanol–water partition coefficient (Wildman–Crippen LogP) is 8.20. The maximum atomic E-state index is 13.9. The number of fused-ring (bicyclic) bond motifs is 3. The van der Waals surface area contributed by atoms with Crippen molar-refractivity contribution >= 4 is 54.8 Å². The molecule has 7 aromatic rings. The van der Waals surface area contributed by atoms with Crippen LogP contribution >= 0.6 is 15.9 Å². The molecule has 0 amide bonds. The molecule has 0 unspecified atom stereocenters. The molecule has 0 saturated carbocycles. The number of furan rings is 1. The van der Waals surface area contributed by atoms with E-state index in [0.29, 0.717) is 51.7 Å². The Balaban J connectivity index is 1.35. The summed E-state index contributed by atoms with van der Waals surface area (Å²) < 4.78 is 25.8. The number of methoxy groups -OCH3 is 2. The van der Waals surface area contributed by atoms with Crippen LogP contribution in [0.2, 0.25) is 0 Å². The van der Waals surface area contributed by atoms with Gasteiger partial charge >= 0.3 is 0 Å². The smallest absolute Gasteiger partial charge is 0.282 e. The van der Waals surface area contributed by atoms with Gasteiger partial charge in [-0.15, -0.1) is 0 Å². The average molecular weight is 661 g/mol. The zero-order valence-corrected chi connectivity index (χ0v) is 25.9. The first-order chi connectivity index (χ1) is 22.0. The van der Waals surface area contributed by atoms with Gasteiger partial charge < -0.3 is 18.6 Å². The van der Waals surface area contributed by atoms with E-state index in [-0.39, 0.29) is 11.4 Å². The van der Waals surface area contributed by atoms with E-state index in [1.54, 1.807) is 44.7 Å². The summed E-state index contributed by atoms with van der Waals surface area (Å²) in [4.78, 5) is 18.7. The van der Waals surface area contributed by atoms with Gasteiger partial charge in [-0.1, -0.05) is 76.6 Å². The van der Waals surface area contributed by atoms with Gasteiger partial charge in [0.25, 0.3) is 5.56 Å². The van der Waals surface area contributed by atoms with E-state index in [4.69, 9.17) is 23.6 Å². The minimum atomic E-state index is -0.348. The topological polar surface area (TPSA) is 88.1 Å². The highest BCUT2D eigenvalue weighted by Crippen LogP contribution is 2.36. The molecule has 2 aromatic heterocycles. The Bertz CT molecular complexity index is 2300. The van der Waals surface area contributed by atoms with Crippen LogP contribution in [0.15, 0.2) is 122 Å². The molecule has 45 heavy (non-hydrogen) atoms. The van der Waals surface area contributed by atoms with Crippen molar-refractivity contribution in [2.45, 2.75) is 6.61 Å². The van der Waals surface area contributed by atoms with Crippen LogP contribution in [-0.2, 0) is 6.61 Å². The van der Waals surface area contributed by atoms with E-state index < -0.39 is 0 Å². The van der Waals surface area contributed by atoms with E-state index in [2.05, 4.69) is 39.2 Å². The van der Waals surface area contributed by atoms with Gasteiger partial charge in [-0.05, 0) is 58.8 Å². The van der Waals surface area contributed by atoms with Crippen molar-refractivity contribution in [3.63, 3.8) is 0 Å². The Labute approximate surface area is 266 Å². The molecule has 0 aliphatic heterocycles. The van der Waals surface area contributed by atoms with Crippen molar-refractivity contribution in [1.82, 2.24) is 9.66 Å². The molecule has 0 fully saturated rings. The van der Waals surface area contributed by atoms with Gasteiger partial charge in [-0.2, -0.15) is 9.78 Å². The van der Waals surface area contributed by atoms with E-state index in [0.717, 1.165) is 26.2 Å². The molecule has 0 radical (unpaired) electrons. The fourth-order valence-electron chi connectivity index (χ4n) is 5.39. The number of aromatic nitrogens is 2. The predicted molar refractivity (Wildman–Crippen MR) is 180 cm³/mol. The number of rotatable bonds is 8. The normalized spacial score (nSPS) is 11.5. The number of hydrogen-bond acceptors (Lipinski definition) is 7. The van der Waals surface area contributed by atoms with Gasteiger partial charge in [0.05, 0.1) is 36.7 Å². The second-order valence-corrected chi connectivity index (χ2v) is 11.2. The van der Waals surface area contributed by atoms with Crippen LogP contribution < -0.4 is 19.8 Å². The number of hydrogen-bond donors (Lipinski definition) is 0. The second kappa shape index (κ2) is 11.9. The Morgan fingerprint density at radius 3 is 2.44 bits per heavy atom. The standard InChI is InChI=1S/C36H26BrN3O5/c1-42-30-15-8-16-31-28(30)19-33(45-31)35-39-29-14-6-5-13-27(29)36(41)40(35)38-20-24-17-25(37)18-32(43-2)34(24)44-21-23-11-7-10-22-9-3-4-12-26(22)23/h3-20H,21H2,1-2H3. The lowest BCUT2D eigenvalue weighted by Crippen LogP contribution is -2.20. The Kier molecular flexibility index (Phi) is 7.52. The molecule has 7 rings (SSSR count). The van der Waals surface area contributed by atoms with Crippen LogP contribution in [0.1, 0.15) is 11.1 Å². The van der Waals surface area contributed by atoms with Gasteiger partial charge in [-0.3, -0.25) is 4.79 Å². The number of nitrogens with zero attached hydrogens (tertiary/aromatic N) is 3. The van der Waals surface area contributed by atoms with Crippen molar-refractivity contribution in [1.29, 1.82) is 0 Å². The van der Waals surface area contributed by atoms with Crippen molar-refractivity contribution in [2.75, 3.05) is 14.2 Å². The van der Waals surface area contributed by atoms with E-state index >= 15 is 0 Å². The summed E-state index contributed by atoms with van der Waals surface area (Å²) in [6.45, 7) is 0.295. The molecule has 9 heteroatoms. The van der Waals surface area contributed by atoms with Crippen LogP contribution in [0, 0.1) is 0 Å². The van der Waals surface area contributed by atoms with Crippen molar-refractivity contribution in [3.8, 4) is 28.8 Å². The third-order valence-corrected chi connectivity index (χ3v) is 8.01. The first-order valence-electron chi connectivity index (χ1n) is 14.1. The summed E-state index contributed by atoms with van der Waals surface area (Å²) in [5.74, 6) is 2.26. The number of para-hydroxylation sites is 1. The molecule has 8 nitrogen and oxygen atoms in total. The van der Waals surface area contributed by atoms with Crippen LogP contribution in [0.5, 0.6) is 17.2 Å². The fraction of sp³-hybridized carbons (Fsp3) is 0.0833. The lowest BCUT2D eigenvalue weighted by Gasteiger charge is -2.15. The van der Waals surface area contributed by atoms with Crippen molar-refractivity contribution in [3.05, 3.63) is 129 Å². The molecule has 2 heterocycles. The minimum absolute atomic E-state index is 0.244. The average Bonchev–Trinajstić information content (AvgIpc) is 3.51. The summed E-state index contributed by atoms with van der Waals surface area (Å²) in [7, 11) is 3.18. The number of benzene rings is 5. The summed E-state index contributed by atoms with van der Waals surface area (Å²) in [6.07, 6.45) is 1.57. The number of halogens is 1. The summed E-state index contributed by atoms with van der Waals surface area (Å²) in [5.41, 5.74) is 2.40. The molecule has 0 saturated heterocycles. The van der Waals surface area contributed by atoms with Crippen LogP contribution in [0.4, 0.5) is 0 Å². The van der Waals surface area contributed by atoms with E-state index in [1.807, 2.05) is 60.7 Å². The Morgan fingerprint density at radius 1 is 0.844 bits per heavy atom. The zero-order chi connectivity index (χ0) is 30.9. The molecule has 0 N–H and O–H groups in total. The third kappa shape index (κ3) is 5.32. The van der Waals surface area contributed by atoms with Crippen molar-refractivity contribution < 1.29 is 18.6 Å². The van der Waals surface area contributed by atoms with E-state index in [9.17, 15) is 4.79 Å². The molecule has 0 aliphatic carbocycles. The molecule has 5 aromatic carbocycles. The minimum Gasteiger partial charge on any atom is -0.496 e. The van der Waals surface area contributed by atoms with Gasteiger partial charge in [-0.25, -0.2) is 4.98 Å². The molecular weight excluding hydrogens is 634 g/mol. The SMILES string of the molecule is COc1cc(Br)cc(C=Nn2c(-c3cc4c(OC)cccc4o3)nc3ccccc3c2=O)c1OCc1cccc2ccccc12. The summed E-state index contributed by atoms with van der Waals surface area (Å²) in [6, 6.07) is 32.4. The molecule has 0 atom stereocenters. The highest BCUT2D eigenvalue weighted by Gasteiger charge is 2.19. The quantitative estimate of drug-likeness (QED) is 0.153. The first-order valence-corrected chi connectivity index (χ1v) is 14.9. The summed E-state index contributed by atoms with van der Waals surface area (Å²) >= 11 is 3.57. The van der Waals surface area contributed by atoms with Crippen LogP contribution in [-0.4, -0.2) is 30.1 Å². The molecule has 0 bridgehead atoms. The number of ether oxygens (including phenoxy) is 3. The van der Waals surface area contributed by atoms with E-state index in [1.165, 1.54) is 4.68 Å². The van der Waals surface area contributed by atoms with Gasteiger partial charge in [0, 0.05) is 10.0 Å². The monoisotopic (exact) mass is 659 g/mol. The highest BCUT2D eigenvalue weighted by molar-refractivity contribution is 9.10. The lowest BCUT2D eigenvalue weighted by atomic mass is 10.1. The molecule has 0 spiro atoms. The lowest BCUT2D eigenvalue weighted by molar-refractivity contribution is 0.285. The Hall–Kier alpha value is -5.41. The first kappa shape index (κ1) is 28.4. The summed E-state index contributed by atoms with van der Waals surface area (Å²) in [5, 5.41) is 8.08. The van der Waals surface area contributed by atoms with Gasteiger partial charge in [0.15, 0.2) is 17.3 Å². The third-order valence-electron chi connectivity index (χ3n) is 7.55. The van der Waals surface area contributed by atoms with Crippen LogP contribution in [0.25, 0.3) is 44.2 Å². The maximum Gasteiger partial charge on any atom is 0.282 e. The molecule has 222 valence electrons. The highest BCUT2D eigenvalue weighted by atomic mass is 79.9. The van der Waals surface area contributed by atoms with Gasteiger partial charge in [0.2, 0.25) is 5.82 Å². The zero-order valence-electron chi connectivity index (χ0n) is 24.4. The second-order valence-electron chi connectivity index (χ2n) is 10.3. The fourth-order valence-corrected chi connectivity index (χ4v) is 5.85.